The molecule has 0 radical (unpaired) electrons. The first-order valence-corrected chi connectivity index (χ1v) is 11.5. The topological polar surface area (TPSA) is 62.2 Å². The van der Waals surface area contributed by atoms with Crippen LogP contribution in [0.25, 0.3) is 11.1 Å². The number of methoxy groups -OCH3 is 1. The van der Waals surface area contributed by atoms with E-state index in [1.165, 1.54) is 0 Å². The third-order valence-corrected chi connectivity index (χ3v) is 7.01. The molecule has 0 aliphatic rings. The fourth-order valence-electron chi connectivity index (χ4n) is 3.29. The molecular weight excluding hydrogens is 404 g/mol. The van der Waals surface area contributed by atoms with Gasteiger partial charge in [-0.1, -0.05) is 42.0 Å². The fraction of sp³-hybridized carbons (Fsp3) is 0.0769. The summed E-state index contributed by atoms with van der Waals surface area (Å²) >= 11 is 0. The highest BCUT2D eigenvalue weighted by atomic mass is 32.2. The van der Waals surface area contributed by atoms with Gasteiger partial charge in [-0.05, 0) is 78.7 Å². The summed E-state index contributed by atoms with van der Waals surface area (Å²) in [6.45, 7) is 1.97. The molecule has 4 aromatic carbocycles. The Kier molecular flexibility index (Phi) is 5.78. The zero-order chi connectivity index (χ0) is 21.8. The van der Waals surface area contributed by atoms with E-state index in [-0.39, 0.29) is 0 Å². The summed E-state index contributed by atoms with van der Waals surface area (Å²) < 4.78 is 26.6. The second-order valence-corrected chi connectivity index (χ2v) is 9.38. The van der Waals surface area contributed by atoms with Crippen molar-refractivity contribution in [3.05, 3.63) is 103 Å². The molecular formula is C26H24N2O2S. The molecule has 0 saturated carbocycles. The zero-order valence-corrected chi connectivity index (χ0v) is 18.3. The Labute approximate surface area is 183 Å². The molecule has 4 aromatic rings. The molecule has 0 saturated heterocycles. The molecule has 0 aromatic heterocycles. The van der Waals surface area contributed by atoms with Gasteiger partial charge in [-0.2, -0.15) is 0 Å². The maximum absolute atomic E-state index is 13.0. The number of hydrogen-bond donors (Lipinski definition) is 2. The lowest BCUT2D eigenvalue weighted by Crippen LogP contribution is -2.00. The van der Waals surface area contributed by atoms with Gasteiger partial charge in [0.05, 0.1) is 16.9 Å². The van der Waals surface area contributed by atoms with Crippen LogP contribution in [0.15, 0.2) is 107 Å². The number of nitrogens with one attached hydrogen (secondary N) is 2. The predicted molar refractivity (Wildman–Crippen MR) is 127 cm³/mol. The van der Waals surface area contributed by atoms with Crippen molar-refractivity contribution in [2.45, 2.75) is 16.7 Å². The lowest BCUT2D eigenvalue weighted by Gasteiger charge is -2.11. The van der Waals surface area contributed by atoms with Crippen molar-refractivity contribution in [3.63, 3.8) is 0 Å². The van der Waals surface area contributed by atoms with Gasteiger partial charge >= 0.3 is 0 Å². The normalized spacial score (nSPS) is 12.7. The first-order chi connectivity index (χ1) is 15.0. The van der Waals surface area contributed by atoms with Gasteiger partial charge in [0.2, 0.25) is 0 Å². The van der Waals surface area contributed by atoms with Crippen molar-refractivity contribution in [2.75, 3.05) is 12.4 Å². The van der Waals surface area contributed by atoms with Crippen molar-refractivity contribution in [1.29, 1.82) is 4.78 Å². The fourth-order valence-corrected chi connectivity index (χ4v) is 4.60. The molecule has 31 heavy (non-hydrogen) atoms. The largest absolute Gasteiger partial charge is 0.497 e. The van der Waals surface area contributed by atoms with Crippen molar-refractivity contribution in [1.82, 2.24) is 0 Å². The summed E-state index contributed by atoms with van der Waals surface area (Å²) in [5.41, 5.74) is 5.15. The number of aryl methyl sites for hydroxylation is 1. The van der Waals surface area contributed by atoms with E-state index < -0.39 is 9.73 Å². The minimum Gasteiger partial charge on any atom is -0.497 e. The number of hydrogen-bond acceptors (Lipinski definition) is 4. The first kappa shape index (κ1) is 20.7. The van der Waals surface area contributed by atoms with Gasteiger partial charge in [-0.25, -0.2) is 8.99 Å². The van der Waals surface area contributed by atoms with Gasteiger partial charge in [0.15, 0.2) is 0 Å². The zero-order valence-electron chi connectivity index (χ0n) is 17.5. The quantitative estimate of drug-likeness (QED) is 0.352. The average Bonchev–Trinajstić information content (AvgIpc) is 2.80. The van der Waals surface area contributed by atoms with E-state index in [9.17, 15) is 4.21 Å². The standard InChI is InChI=1S/C26H24N2O2S/c1-19-3-15-25(16-4-19)31(27,29)26-17-11-23(12-18-26)28-22-9-5-20(6-10-22)21-7-13-24(30-2)14-8-21/h3-18,27-28H,1-2H3. The van der Waals surface area contributed by atoms with Crippen LogP contribution < -0.4 is 10.1 Å². The summed E-state index contributed by atoms with van der Waals surface area (Å²) in [6.07, 6.45) is 0. The second-order valence-electron chi connectivity index (χ2n) is 7.32. The van der Waals surface area contributed by atoms with E-state index in [2.05, 4.69) is 17.4 Å². The maximum Gasteiger partial charge on any atom is 0.118 e. The molecule has 0 bridgehead atoms. The third-order valence-electron chi connectivity index (χ3n) is 5.14. The van der Waals surface area contributed by atoms with Crippen molar-refractivity contribution < 1.29 is 8.95 Å². The van der Waals surface area contributed by atoms with E-state index in [1.54, 1.807) is 31.4 Å². The van der Waals surface area contributed by atoms with Crippen molar-refractivity contribution in [2.24, 2.45) is 0 Å². The maximum atomic E-state index is 13.0. The summed E-state index contributed by atoms with van der Waals surface area (Å²) in [6, 6.07) is 30.6. The van der Waals surface area contributed by atoms with Crippen LogP contribution >= 0.6 is 0 Å². The highest BCUT2D eigenvalue weighted by Crippen LogP contribution is 2.27. The van der Waals surface area contributed by atoms with Gasteiger partial charge in [0.25, 0.3) is 0 Å². The van der Waals surface area contributed by atoms with Crippen LogP contribution in [-0.4, -0.2) is 11.3 Å². The van der Waals surface area contributed by atoms with E-state index in [4.69, 9.17) is 9.52 Å². The Balaban J connectivity index is 1.48. The number of anilines is 2. The molecule has 156 valence electrons. The van der Waals surface area contributed by atoms with Crippen LogP contribution in [-0.2, 0) is 9.73 Å². The van der Waals surface area contributed by atoms with E-state index in [0.29, 0.717) is 9.79 Å². The van der Waals surface area contributed by atoms with Crippen LogP contribution in [0.3, 0.4) is 0 Å². The number of benzene rings is 4. The molecule has 4 nitrogen and oxygen atoms in total. The van der Waals surface area contributed by atoms with Crippen LogP contribution in [0.2, 0.25) is 0 Å². The molecule has 2 N–H and O–H groups in total. The number of rotatable bonds is 6. The predicted octanol–water partition coefficient (Wildman–Crippen LogP) is 6.88. The molecule has 0 spiro atoms. The van der Waals surface area contributed by atoms with Gasteiger partial charge in [0, 0.05) is 11.4 Å². The van der Waals surface area contributed by atoms with Gasteiger partial charge in [-0.15, -0.1) is 0 Å². The van der Waals surface area contributed by atoms with Gasteiger partial charge < -0.3 is 10.1 Å². The van der Waals surface area contributed by atoms with Crippen molar-refractivity contribution in [3.8, 4) is 16.9 Å². The molecule has 1 unspecified atom stereocenters. The van der Waals surface area contributed by atoms with Crippen molar-refractivity contribution >= 4 is 21.1 Å². The van der Waals surface area contributed by atoms with E-state index in [1.807, 2.05) is 67.6 Å². The van der Waals surface area contributed by atoms with Crippen LogP contribution in [0.4, 0.5) is 11.4 Å². The highest BCUT2D eigenvalue weighted by molar-refractivity contribution is 7.92. The summed E-state index contributed by atoms with van der Waals surface area (Å²) in [5.74, 6) is 0.837. The molecule has 0 fully saturated rings. The molecule has 5 heteroatoms. The molecule has 4 rings (SSSR count). The minimum absolute atomic E-state index is 0.497. The summed E-state index contributed by atoms with van der Waals surface area (Å²) in [4.78, 5) is 1.02. The molecule has 1 atom stereocenters. The molecule has 0 heterocycles. The van der Waals surface area contributed by atoms with Crippen LogP contribution in [0, 0.1) is 11.7 Å². The second kappa shape index (κ2) is 8.66. The third kappa shape index (κ3) is 4.62. The van der Waals surface area contributed by atoms with E-state index >= 15 is 0 Å². The minimum atomic E-state index is -3.02. The first-order valence-electron chi connectivity index (χ1n) is 9.93. The lowest BCUT2D eigenvalue weighted by atomic mass is 10.1. The Morgan fingerprint density at radius 1 is 0.677 bits per heavy atom. The summed E-state index contributed by atoms with van der Waals surface area (Å²) in [5, 5.41) is 3.35. The molecule has 0 aliphatic carbocycles. The van der Waals surface area contributed by atoms with Gasteiger partial charge in [0.1, 0.15) is 15.5 Å². The molecule has 0 aliphatic heterocycles. The van der Waals surface area contributed by atoms with Gasteiger partial charge in [-0.3, -0.25) is 0 Å². The van der Waals surface area contributed by atoms with Crippen LogP contribution in [0.5, 0.6) is 5.75 Å². The Morgan fingerprint density at radius 3 is 1.58 bits per heavy atom. The Morgan fingerprint density at radius 2 is 1.10 bits per heavy atom. The SMILES string of the molecule is COc1ccc(-c2ccc(Nc3ccc(S(=N)(=O)c4ccc(C)cc4)cc3)cc2)cc1. The smallest absolute Gasteiger partial charge is 0.118 e. The molecule has 0 amide bonds. The van der Waals surface area contributed by atoms with Crippen LogP contribution in [0.1, 0.15) is 5.56 Å². The number of ether oxygens (including phenoxy) is 1. The Bertz CT molecular complexity index is 1260. The van der Waals surface area contributed by atoms with E-state index in [0.717, 1.165) is 33.8 Å². The monoisotopic (exact) mass is 428 g/mol. The average molecular weight is 429 g/mol. The lowest BCUT2D eigenvalue weighted by molar-refractivity contribution is 0.415. The summed E-state index contributed by atoms with van der Waals surface area (Å²) in [7, 11) is -1.36. The Hall–Kier alpha value is -3.57. The highest BCUT2D eigenvalue weighted by Gasteiger charge is 2.13.